The first-order valence-corrected chi connectivity index (χ1v) is 13.6. The topological polar surface area (TPSA) is 121 Å². The highest BCUT2D eigenvalue weighted by Crippen LogP contribution is 2.34. The molecule has 0 bridgehead atoms. The third-order valence-corrected chi connectivity index (χ3v) is 8.37. The van der Waals surface area contributed by atoms with Gasteiger partial charge in [-0.3, -0.25) is 0 Å². The molecular weight excluding hydrogens is 529 g/mol. The average molecular weight is 559 g/mol. The van der Waals surface area contributed by atoms with E-state index in [9.17, 15) is 31.5 Å². The zero-order valence-electron chi connectivity index (χ0n) is 20.7. The molecule has 38 heavy (non-hydrogen) atoms. The molecule has 10 nitrogen and oxygen atoms in total. The lowest BCUT2D eigenvalue weighted by Gasteiger charge is -2.28. The largest absolute Gasteiger partial charge is 0.497 e. The Bertz CT molecular complexity index is 1270. The second kappa shape index (κ2) is 11.3. The number of likely N-dealkylation sites (tertiary alicyclic amines) is 1. The molecule has 2 saturated heterocycles. The molecule has 2 aliphatic heterocycles. The Morgan fingerprint density at radius 3 is 2.63 bits per heavy atom. The Morgan fingerprint density at radius 1 is 1.21 bits per heavy atom. The number of anilines is 2. The quantitative estimate of drug-likeness (QED) is 0.532. The normalized spacial score (nSPS) is 18.5. The number of amides is 2. The number of aryl methyl sites for hydroxylation is 1. The van der Waals surface area contributed by atoms with Gasteiger partial charge in [0.15, 0.2) is 0 Å². The second-order valence-electron chi connectivity index (χ2n) is 9.03. The van der Waals surface area contributed by atoms with Crippen LogP contribution in [0.4, 0.5) is 29.5 Å². The molecule has 0 spiro atoms. The minimum absolute atomic E-state index is 0.0645. The van der Waals surface area contributed by atoms with Crippen LogP contribution >= 0.6 is 0 Å². The summed E-state index contributed by atoms with van der Waals surface area (Å²) >= 11 is 0. The van der Waals surface area contributed by atoms with Crippen LogP contribution in [0.2, 0.25) is 0 Å². The van der Waals surface area contributed by atoms with Gasteiger partial charge in [0.1, 0.15) is 12.4 Å². The number of aliphatic hydroxyl groups excluding tert-OH is 1. The van der Waals surface area contributed by atoms with Gasteiger partial charge >= 0.3 is 11.5 Å². The van der Waals surface area contributed by atoms with Gasteiger partial charge in [-0.05, 0) is 48.2 Å². The van der Waals surface area contributed by atoms with E-state index in [4.69, 9.17) is 9.47 Å². The molecular formula is C24H29F3N4O6S. The van der Waals surface area contributed by atoms with Gasteiger partial charge in [0.05, 0.1) is 25.1 Å². The van der Waals surface area contributed by atoms with Crippen molar-refractivity contribution in [2.45, 2.75) is 24.1 Å². The van der Waals surface area contributed by atoms with E-state index in [0.717, 1.165) is 21.6 Å². The maximum absolute atomic E-state index is 12.9. The fraction of sp³-hybridized carbons (Fsp3) is 0.500. The minimum atomic E-state index is -5.36. The molecule has 208 valence electrons. The number of sulfone groups is 1. The lowest BCUT2D eigenvalue weighted by Crippen LogP contribution is -2.38. The van der Waals surface area contributed by atoms with Crippen molar-refractivity contribution < 1.29 is 41.0 Å². The highest BCUT2D eigenvalue weighted by molar-refractivity contribution is 7.92. The predicted molar refractivity (Wildman–Crippen MR) is 134 cm³/mol. The number of hydrogen-bond acceptors (Lipinski definition) is 8. The zero-order valence-corrected chi connectivity index (χ0v) is 21.5. The Hall–Kier alpha value is -3.10. The van der Waals surface area contributed by atoms with Crippen LogP contribution in [0.15, 0.2) is 30.3 Å². The van der Waals surface area contributed by atoms with Crippen LogP contribution in [0.1, 0.15) is 12.0 Å². The van der Waals surface area contributed by atoms with Gasteiger partial charge in [0.25, 0.3) is 9.84 Å². The fourth-order valence-corrected chi connectivity index (χ4v) is 5.56. The van der Waals surface area contributed by atoms with Crippen LogP contribution in [-0.4, -0.2) is 92.8 Å². The number of nitrogens with one attached hydrogen (secondary N) is 1. The molecule has 3 heterocycles. The number of nitrogens with zero attached hydrogens (tertiary/aromatic N) is 3. The number of halogens is 3. The number of morpholine rings is 1. The van der Waals surface area contributed by atoms with E-state index in [0.29, 0.717) is 43.7 Å². The van der Waals surface area contributed by atoms with Crippen molar-refractivity contribution in [3.05, 3.63) is 35.9 Å². The van der Waals surface area contributed by atoms with Crippen molar-refractivity contribution in [1.82, 2.24) is 9.88 Å². The van der Waals surface area contributed by atoms with Crippen molar-refractivity contribution >= 4 is 27.4 Å². The van der Waals surface area contributed by atoms with Gasteiger partial charge in [0.2, 0.25) is 5.88 Å². The van der Waals surface area contributed by atoms with Gasteiger partial charge in [-0.15, -0.1) is 0 Å². The van der Waals surface area contributed by atoms with Crippen molar-refractivity contribution in [3.8, 4) is 17.0 Å². The average Bonchev–Trinajstić information content (AvgIpc) is 3.40. The summed E-state index contributed by atoms with van der Waals surface area (Å²) in [6, 6.07) is 8.09. The fourth-order valence-electron chi connectivity index (χ4n) is 4.39. The molecule has 2 fully saturated rings. The SMILES string of the molecule is Cc1ccc(NC(=O)N2CCC(S(=O)(=O)C(F)(F)F)C2)cc1-c1cc(OCCO)nc(N2CCOCC2)c1. The van der Waals surface area contributed by atoms with E-state index < -0.39 is 33.2 Å². The molecule has 0 radical (unpaired) electrons. The molecule has 0 aliphatic carbocycles. The standard InChI is InChI=1S/C24H29F3N4O6S/c1-16-2-3-18(28-23(33)31-5-4-19(15-31)38(34,35)24(25,26)27)14-20(16)17-12-21(30-6-9-36-10-7-30)29-22(13-17)37-11-8-32/h2-3,12-14,19,32H,4-11,15H2,1H3,(H,28,33). The van der Waals surface area contributed by atoms with Crippen LogP contribution < -0.4 is 15.0 Å². The Balaban J connectivity index is 1.55. The predicted octanol–water partition coefficient (Wildman–Crippen LogP) is 2.81. The first-order valence-electron chi connectivity index (χ1n) is 12.0. The van der Waals surface area contributed by atoms with Crippen LogP contribution in [0, 0.1) is 6.92 Å². The molecule has 14 heteroatoms. The number of pyridine rings is 1. The maximum Gasteiger partial charge on any atom is 0.497 e. The molecule has 1 atom stereocenters. The summed E-state index contributed by atoms with van der Waals surface area (Å²) in [5, 5.41) is 10.2. The summed E-state index contributed by atoms with van der Waals surface area (Å²) in [5.41, 5.74) is -2.58. The molecule has 1 aromatic heterocycles. The second-order valence-corrected chi connectivity index (χ2v) is 11.3. The summed E-state index contributed by atoms with van der Waals surface area (Å²) in [6.45, 7) is 3.53. The molecule has 1 aromatic carbocycles. The number of urea groups is 1. The van der Waals surface area contributed by atoms with Gasteiger partial charge in [-0.1, -0.05) is 6.07 Å². The Kier molecular flexibility index (Phi) is 8.33. The number of alkyl halides is 3. The van der Waals surface area contributed by atoms with Crippen LogP contribution in [0.25, 0.3) is 11.1 Å². The van der Waals surface area contributed by atoms with Gasteiger partial charge in [0, 0.05) is 37.9 Å². The van der Waals surface area contributed by atoms with Crippen molar-refractivity contribution in [3.63, 3.8) is 0 Å². The lowest BCUT2D eigenvalue weighted by atomic mass is 10.0. The van der Waals surface area contributed by atoms with E-state index in [1.807, 2.05) is 13.0 Å². The number of hydrogen-bond donors (Lipinski definition) is 2. The smallest absolute Gasteiger partial charge is 0.475 e. The van der Waals surface area contributed by atoms with E-state index in [-0.39, 0.29) is 26.2 Å². The molecule has 2 amide bonds. The number of rotatable bonds is 7. The van der Waals surface area contributed by atoms with Gasteiger partial charge < -0.3 is 29.7 Å². The summed E-state index contributed by atoms with van der Waals surface area (Å²) < 4.78 is 73.2. The monoisotopic (exact) mass is 558 g/mol. The molecule has 1 unspecified atom stereocenters. The van der Waals surface area contributed by atoms with E-state index >= 15 is 0 Å². The molecule has 2 N–H and O–H groups in total. The van der Waals surface area contributed by atoms with Gasteiger partial charge in [-0.2, -0.15) is 18.2 Å². The first kappa shape index (κ1) is 27.9. The minimum Gasteiger partial charge on any atom is -0.475 e. The third kappa shape index (κ3) is 6.13. The van der Waals surface area contributed by atoms with Crippen LogP contribution in [-0.2, 0) is 14.6 Å². The summed E-state index contributed by atoms with van der Waals surface area (Å²) in [5.74, 6) is 0.988. The number of aromatic nitrogens is 1. The summed E-state index contributed by atoms with van der Waals surface area (Å²) in [4.78, 5) is 20.4. The highest BCUT2D eigenvalue weighted by atomic mass is 32.2. The summed E-state index contributed by atoms with van der Waals surface area (Å²) in [7, 11) is -5.36. The van der Waals surface area contributed by atoms with Crippen molar-refractivity contribution in [2.75, 3.05) is 62.8 Å². The molecule has 2 aromatic rings. The molecule has 2 aliphatic rings. The zero-order chi connectivity index (χ0) is 27.5. The van der Waals surface area contributed by atoms with Gasteiger partial charge in [-0.25, -0.2) is 13.2 Å². The van der Waals surface area contributed by atoms with Crippen LogP contribution in [0.3, 0.4) is 0 Å². The Morgan fingerprint density at radius 2 is 1.95 bits per heavy atom. The van der Waals surface area contributed by atoms with Crippen molar-refractivity contribution in [2.24, 2.45) is 0 Å². The first-order chi connectivity index (χ1) is 18.0. The maximum atomic E-state index is 12.9. The van der Waals surface area contributed by atoms with Crippen molar-refractivity contribution in [1.29, 1.82) is 0 Å². The third-order valence-electron chi connectivity index (χ3n) is 6.46. The number of ether oxygens (including phenoxy) is 2. The number of benzene rings is 1. The van der Waals surface area contributed by atoms with E-state index in [1.165, 1.54) is 0 Å². The summed E-state index contributed by atoms with van der Waals surface area (Å²) in [6.07, 6.45) is -0.285. The number of carbonyl (C=O) groups is 1. The Labute approximate surface area is 218 Å². The highest BCUT2D eigenvalue weighted by Gasteiger charge is 2.52. The van der Waals surface area contributed by atoms with E-state index in [1.54, 1.807) is 24.3 Å². The molecule has 0 saturated carbocycles. The van der Waals surface area contributed by atoms with E-state index in [2.05, 4.69) is 15.2 Å². The lowest BCUT2D eigenvalue weighted by molar-refractivity contribution is -0.0444. The molecule has 4 rings (SSSR count). The number of carbonyl (C=O) groups excluding carboxylic acids is 1. The number of aliphatic hydroxyl groups is 1. The van der Waals surface area contributed by atoms with Crippen LogP contribution in [0.5, 0.6) is 5.88 Å².